The number of rotatable bonds is 5. The van der Waals surface area contributed by atoms with Gasteiger partial charge in [-0.1, -0.05) is 20.8 Å². The number of carbonyl (C=O) groups excluding carboxylic acids is 1. The third-order valence-electron chi connectivity index (χ3n) is 5.30. The molecule has 0 spiro atoms. The number of methoxy groups -OCH3 is 1. The van der Waals surface area contributed by atoms with Crippen molar-refractivity contribution in [3.05, 3.63) is 51.9 Å². The number of aromatic nitrogens is 1. The van der Waals surface area contributed by atoms with Gasteiger partial charge in [0.1, 0.15) is 11.8 Å². The first-order valence-electron chi connectivity index (χ1n) is 9.55. The molecule has 2 heterocycles. The van der Waals surface area contributed by atoms with Crippen molar-refractivity contribution in [1.29, 1.82) is 0 Å². The second-order valence-corrected chi connectivity index (χ2v) is 8.29. The molecule has 1 aromatic heterocycles. The van der Waals surface area contributed by atoms with E-state index in [2.05, 4.69) is 4.98 Å². The number of likely N-dealkylation sites (tertiary alicyclic amines) is 1. The van der Waals surface area contributed by atoms with Crippen molar-refractivity contribution < 1.29 is 19.4 Å². The second-order valence-electron chi connectivity index (χ2n) is 8.29. The summed E-state index contributed by atoms with van der Waals surface area (Å²) in [5.74, 6) is -0.584. The molecule has 0 radical (unpaired) electrons. The van der Waals surface area contributed by atoms with Crippen LogP contribution in [0.3, 0.4) is 0 Å². The Hall–Kier alpha value is -3.09. The fraction of sp³-hybridized carbons (Fsp3) is 0.409. The molecule has 0 bridgehead atoms. The number of pyridine rings is 1. The summed E-state index contributed by atoms with van der Waals surface area (Å²) in [5, 5.41) is 9.49. The molecule has 29 heavy (non-hydrogen) atoms. The Labute approximate surface area is 169 Å². The van der Waals surface area contributed by atoms with Gasteiger partial charge in [0.2, 0.25) is 5.91 Å². The van der Waals surface area contributed by atoms with Crippen molar-refractivity contribution in [2.75, 3.05) is 7.11 Å². The van der Waals surface area contributed by atoms with Crippen LogP contribution in [0.4, 0.5) is 0 Å². The summed E-state index contributed by atoms with van der Waals surface area (Å²) < 4.78 is 5.59. The van der Waals surface area contributed by atoms with Gasteiger partial charge in [-0.2, -0.15) is 0 Å². The number of aromatic amines is 1. The van der Waals surface area contributed by atoms with E-state index in [0.29, 0.717) is 22.4 Å². The first-order chi connectivity index (χ1) is 13.6. The van der Waals surface area contributed by atoms with E-state index >= 15 is 0 Å². The largest absolute Gasteiger partial charge is 0.496 e. The molecular formula is C22H26N2O5. The summed E-state index contributed by atoms with van der Waals surface area (Å²) in [6.45, 7) is 6.25. The molecule has 154 valence electrons. The number of carboxylic acids is 1. The van der Waals surface area contributed by atoms with Gasteiger partial charge in [-0.25, -0.2) is 4.79 Å². The van der Waals surface area contributed by atoms with Gasteiger partial charge < -0.3 is 19.7 Å². The lowest BCUT2D eigenvalue weighted by atomic mass is 9.83. The van der Waals surface area contributed by atoms with Gasteiger partial charge in [0, 0.05) is 30.3 Å². The van der Waals surface area contributed by atoms with E-state index in [1.54, 1.807) is 25.4 Å². The van der Waals surface area contributed by atoms with Crippen LogP contribution in [0, 0.1) is 0 Å². The summed E-state index contributed by atoms with van der Waals surface area (Å²) in [5.41, 5.74) is 2.24. The lowest BCUT2D eigenvalue weighted by molar-refractivity contribution is -0.146. The molecule has 1 aliphatic heterocycles. The highest BCUT2D eigenvalue weighted by Crippen LogP contribution is 2.38. The summed E-state index contributed by atoms with van der Waals surface area (Å²) in [6.07, 6.45) is 2.05. The predicted octanol–water partition coefficient (Wildman–Crippen LogP) is 2.92. The minimum Gasteiger partial charge on any atom is -0.496 e. The first-order valence-corrected chi connectivity index (χ1v) is 9.55. The van der Waals surface area contributed by atoms with Crippen molar-refractivity contribution >= 4 is 11.9 Å². The van der Waals surface area contributed by atoms with Gasteiger partial charge >= 0.3 is 5.97 Å². The van der Waals surface area contributed by atoms with E-state index < -0.39 is 12.0 Å². The van der Waals surface area contributed by atoms with E-state index in [1.165, 1.54) is 4.90 Å². The van der Waals surface area contributed by atoms with Crippen molar-refractivity contribution in [3.8, 4) is 16.9 Å². The highest BCUT2D eigenvalue weighted by atomic mass is 16.5. The average Bonchev–Trinajstić information content (AvgIpc) is 3.02. The van der Waals surface area contributed by atoms with E-state index in [1.807, 2.05) is 32.9 Å². The summed E-state index contributed by atoms with van der Waals surface area (Å²) in [7, 11) is 1.57. The number of carbonyl (C=O) groups is 2. The molecule has 1 atom stereocenters. The number of hydrogen-bond acceptors (Lipinski definition) is 4. The Kier molecular flexibility index (Phi) is 5.50. The van der Waals surface area contributed by atoms with Gasteiger partial charge in [-0.15, -0.1) is 0 Å². The maximum absolute atomic E-state index is 12.5. The smallest absolute Gasteiger partial charge is 0.326 e. The number of hydrogen-bond donors (Lipinski definition) is 2. The maximum Gasteiger partial charge on any atom is 0.326 e. The van der Waals surface area contributed by atoms with Crippen LogP contribution in [0.2, 0.25) is 0 Å². The normalized spacial score (nSPS) is 16.9. The Balaban J connectivity index is 2.19. The van der Waals surface area contributed by atoms with Crippen molar-refractivity contribution in [2.24, 2.45) is 0 Å². The van der Waals surface area contributed by atoms with E-state index in [4.69, 9.17) is 4.74 Å². The number of H-pyrrole nitrogens is 1. The number of ether oxygens (including phenoxy) is 1. The lowest BCUT2D eigenvalue weighted by Crippen LogP contribution is -2.38. The number of carboxylic acid groups (broad SMARTS) is 1. The zero-order valence-corrected chi connectivity index (χ0v) is 17.1. The zero-order valence-electron chi connectivity index (χ0n) is 17.1. The fourth-order valence-electron chi connectivity index (χ4n) is 3.76. The van der Waals surface area contributed by atoms with Gasteiger partial charge in [0.05, 0.1) is 7.11 Å². The molecule has 1 aromatic carbocycles. The SMILES string of the molecule is COc1cc(CN2C(=O)CCC2C(=O)O)c(-c2ccc[nH]c2=O)cc1C(C)(C)C. The molecular weight excluding hydrogens is 372 g/mol. The van der Waals surface area contributed by atoms with Crippen LogP contribution in [0.5, 0.6) is 5.75 Å². The molecule has 7 heteroatoms. The Morgan fingerprint density at radius 2 is 2.00 bits per heavy atom. The molecule has 1 fully saturated rings. The minimum atomic E-state index is -1.02. The van der Waals surface area contributed by atoms with Crippen molar-refractivity contribution in [3.63, 3.8) is 0 Å². The third kappa shape index (κ3) is 4.04. The van der Waals surface area contributed by atoms with Crippen LogP contribution < -0.4 is 10.3 Å². The number of benzene rings is 1. The van der Waals surface area contributed by atoms with Crippen LogP contribution in [0.1, 0.15) is 44.7 Å². The summed E-state index contributed by atoms with van der Waals surface area (Å²) in [6, 6.07) is 6.32. The maximum atomic E-state index is 12.5. The van der Waals surface area contributed by atoms with Crippen LogP contribution in [0.15, 0.2) is 35.3 Å². The molecule has 0 aliphatic carbocycles. The van der Waals surface area contributed by atoms with Gasteiger partial charge in [0.15, 0.2) is 0 Å². The number of nitrogens with zero attached hydrogens (tertiary/aromatic N) is 1. The first kappa shape index (κ1) is 20.6. The number of amides is 1. The van der Waals surface area contributed by atoms with Crippen LogP contribution >= 0.6 is 0 Å². The Morgan fingerprint density at radius 1 is 1.28 bits per heavy atom. The monoisotopic (exact) mass is 398 g/mol. The fourth-order valence-corrected chi connectivity index (χ4v) is 3.76. The molecule has 0 saturated carbocycles. The van der Waals surface area contributed by atoms with Crippen molar-refractivity contribution in [2.45, 2.75) is 51.6 Å². The van der Waals surface area contributed by atoms with Gasteiger partial charge in [-0.3, -0.25) is 9.59 Å². The summed E-state index contributed by atoms with van der Waals surface area (Å²) in [4.78, 5) is 40.5. The quantitative estimate of drug-likeness (QED) is 0.807. The molecule has 3 rings (SSSR count). The van der Waals surface area contributed by atoms with E-state index in [-0.39, 0.29) is 36.3 Å². The number of aliphatic carboxylic acids is 1. The van der Waals surface area contributed by atoms with Gasteiger partial charge in [0.25, 0.3) is 5.56 Å². The Morgan fingerprint density at radius 3 is 2.59 bits per heavy atom. The molecule has 1 saturated heterocycles. The zero-order chi connectivity index (χ0) is 21.3. The standard InChI is InChI=1S/C22H26N2O5/c1-22(2,3)16-11-15(14-6-5-9-23-20(14)26)13(10-18(16)29-4)12-24-17(21(27)28)7-8-19(24)25/h5-6,9-11,17H,7-8,12H2,1-4H3,(H,23,26)(H,27,28). The minimum absolute atomic E-state index is 0.0975. The van der Waals surface area contributed by atoms with E-state index in [0.717, 1.165) is 5.56 Å². The predicted molar refractivity (Wildman–Crippen MR) is 109 cm³/mol. The molecule has 1 aliphatic rings. The number of nitrogens with one attached hydrogen (secondary N) is 1. The average molecular weight is 398 g/mol. The molecule has 7 nitrogen and oxygen atoms in total. The summed E-state index contributed by atoms with van der Waals surface area (Å²) >= 11 is 0. The van der Waals surface area contributed by atoms with Gasteiger partial charge in [-0.05, 0) is 47.2 Å². The van der Waals surface area contributed by atoms with Crippen molar-refractivity contribution in [1.82, 2.24) is 9.88 Å². The van der Waals surface area contributed by atoms with Crippen LogP contribution in [-0.2, 0) is 21.5 Å². The molecule has 2 aromatic rings. The topological polar surface area (TPSA) is 99.7 Å². The second kappa shape index (κ2) is 7.73. The molecule has 2 N–H and O–H groups in total. The molecule has 1 amide bonds. The third-order valence-corrected chi connectivity index (χ3v) is 5.30. The molecule has 1 unspecified atom stereocenters. The van der Waals surface area contributed by atoms with E-state index in [9.17, 15) is 19.5 Å². The highest BCUT2D eigenvalue weighted by molar-refractivity contribution is 5.87. The Bertz CT molecular complexity index is 1000. The van der Waals surface area contributed by atoms with Crippen LogP contribution in [-0.4, -0.2) is 40.0 Å². The van der Waals surface area contributed by atoms with Crippen LogP contribution in [0.25, 0.3) is 11.1 Å². The highest BCUT2D eigenvalue weighted by Gasteiger charge is 2.36. The lowest BCUT2D eigenvalue weighted by Gasteiger charge is -2.27.